The monoisotopic (exact) mass is 447 g/mol. The van der Waals surface area contributed by atoms with Crippen LogP contribution in [0.3, 0.4) is 0 Å². The predicted octanol–water partition coefficient (Wildman–Crippen LogP) is 2.90. The topological polar surface area (TPSA) is 94.1 Å². The van der Waals surface area contributed by atoms with Gasteiger partial charge in [0.15, 0.2) is 11.5 Å². The second-order valence-corrected chi connectivity index (χ2v) is 9.65. The molecule has 1 aromatic carbocycles. The number of anilines is 1. The summed E-state index contributed by atoms with van der Waals surface area (Å²) >= 11 is 0. The third kappa shape index (κ3) is 3.29. The van der Waals surface area contributed by atoms with E-state index in [0.717, 1.165) is 72.6 Å². The lowest BCUT2D eigenvalue weighted by atomic mass is 9.77. The van der Waals surface area contributed by atoms with Crippen molar-refractivity contribution in [3.05, 3.63) is 35.8 Å². The lowest BCUT2D eigenvalue weighted by Crippen LogP contribution is -2.41. The molecule has 0 radical (unpaired) electrons. The fourth-order valence-corrected chi connectivity index (χ4v) is 5.48. The first kappa shape index (κ1) is 20.6. The lowest BCUT2D eigenvalue weighted by Gasteiger charge is -2.39. The Morgan fingerprint density at radius 1 is 1.21 bits per heavy atom. The van der Waals surface area contributed by atoms with Gasteiger partial charge in [0.2, 0.25) is 0 Å². The first-order valence-corrected chi connectivity index (χ1v) is 11.6. The van der Waals surface area contributed by atoms with Gasteiger partial charge in [-0.1, -0.05) is 0 Å². The second kappa shape index (κ2) is 7.50. The van der Waals surface area contributed by atoms with E-state index >= 15 is 0 Å². The number of nitrogens with zero attached hydrogens (tertiary/aromatic N) is 7. The molecule has 0 aliphatic carbocycles. The number of aryl methyl sites for hydroxylation is 2. The van der Waals surface area contributed by atoms with Gasteiger partial charge in [0, 0.05) is 25.5 Å². The van der Waals surface area contributed by atoms with Crippen molar-refractivity contribution in [2.24, 2.45) is 12.5 Å². The summed E-state index contributed by atoms with van der Waals surface area (Å²) in [4.78, 5) is 12.1. The second-order valence-electron chi connectivity index (χ2n) is 9.65. The Balaban J connectivity index is 1.38. The highest BCUT2D eigenvalue weighted by Gasteiger charge is 2.41. The molecule has 2 fully saturated rings. The molecule has 4 aromatic rings. The van der Waals surface area contributed by atoms with E-state index in [4.69, 9.17) is 19.8 Å². The van der Waals surface area contributed by atoms with Crippen LogP contribution >= 0.6 is 0 Å². The van der Waals surface area contributed by atoms with Crippen LogP contribution < -0.4 is 4.90 Å². The summed E-state index contributed by atoms with van der Waals surface area (Å²) in [6.45, 7) is 6.61. The van der Waals surface area contributed by atoms with E-state index in [0.29, 0.717) is 17.4 Å². The summed E-state index contributed by atoms with van der Waals surface area (Å²) in [7, 11) is 1.93. The van der Waals surface area contributed by atoms with E-state index in [-0.39, 0.29) is 12.0 Å². The Hall–Kier alpha value is -3.04. The highest BCUT2D eigenvalue weighted by atomic mass is 16.5. The van der Waals surface area contributed by atoms with Crippen molar-refractivity contribution < 1.29 is 9.84 Å². The average Bonchev–Trinajstić information content (AvgIpc) is 3.49. The van der Waals surface area contributed by atoms with Crippen LogP contribution in [0.15, 0.2) is 24.4 Å². The number of rotatable bonds is 3. The van der Waals surface area contributed by atoms with Crippen LogP contribution in [0.5, 0.6) is 0 Å². The Morgan fingerprint density at radius 3 is 2.76 bits per heavy atom. The highest BCUT2D eigenvalue weighted by molar-refractivity contribution is 5.83. The Morgan fingerprint density at radius 2 is 2.03 bits per heavy atom. The van der Waals surface area contributed by atoms with Crippen molar-refractivity contribution in [3.8, 4) is 5.69 Å². The SMILES string of the molecule is Cc1nn(-c2ccc3cnn(C)c3c2)c2nc(CO)c(N3CCC4(CC3)CO[C@@H](C)C4)nc12. The zero-order valence-corrected chi connectivity index (χ0v) is 19.3. The van der Waals surface area contributed by atoms with Gasteiger partial charge in [0.05, 0.1) is 42.4 Å². The van der Waals surface area contributed by atoms with Crippen LogP contribution in [0.1, 0.15) is 37.6 Å². The molecule has 9 heteroatoms. The average molecular weight is 448 g/mol. The first-order chi connectivity index (χ1) is 16.0. The maximum absolute atomic E-state index is 10.2. The third-order valence-corrected chi connectivity index (χ3v) is 7.37. The maximum atomic E-state index is 10.2. The molecular formula is C24H29N7O2. The van der Waals surface area contributed by atoms with Gasteiger partial charge in [-0.15, -0.1) is 0 Å². The number of benzene rings is 1. The molecule has 0 amide bonds. The molecule has 1 atom stereocenters. The number of hydrogen-bond acceptors (Lipinski definition) is 7. The summed E-state index contributed by atoms with van der Waals surface area (Å²) in [5.74, 6) is 0.775. The van der Waals surface area contributed by atoms with Crippen LogP contribution in [0.2, 0.25) is 0 Å². The third-order valence-electron chi connectivity index (χ3n) is 7.37. The number of aliphatic hydroxyl groups excluding tert-OH is 1. The van der Waals surface area contributed by atoms with Crippen LogP contribution in [-0.2, 0) is 18.4 Å². The largest absolute Gasteiger partial charge is 0.390 e. The van der Waals surface area contributed by atoms with Crippen molar-refractivity contribution >= 4 is 27.9 Å². The zero-order chi connectivity index (χ0) is 22.7. The maximum Gasteiger partial charge on any atom is 0.182 e. The van der Waals surface area contributed by atoms with E-state index in [1.54, 1.807) is 0 Å². The van der Waals surface area contributed by atoms with E-state index in [1.165, 1.54) is 0 Å². The summed E-state index contributed by atoms with van der Waals surface area (Å²) < 4.78 is 9.54. The van der Waals surface area contributed by atoms with Gasteiger partial charge in [-0.2, -0.15) is 10.2 Å². The minimum absolute atomic E-state index is 0.162. The minimum Gasteiger partial charge on any atom is -0.390 e. The number of ether oxygens (including phenoxy) is 1. The normalized spacial score (nSPS) is 20.5. The molecule has 1 spiro atoms. The van der Waals surface area contributed by atoms with Crippen molar-refractivity contribution in [1.29, 1.82) is 0 Å². The molecule has 3 aromatic heterocycles. The minimum atomic E-state index is -0.162. The van der Waals surface area contributed by atoms with Gasteiger partial charge < -0.3 is 14.7 Å². The van der Waals surface area contributed by atoms with E-state index in [9.17, 15) is 5.11 Å². The van der Waals surface area contributed by atoms with Gasteiger partial charge in [-0.05, 0) is 56.7 Å². The fourth-order valence-electron chi connectivity index (χ4n) is 5.48. The molecule has 6 rings (SSSR count). The molecule has 0 saturated carbocycles. The summed E-state index contributed by atoms with van der Waals surface area (Å²) in [6, 6.07) is 6.10. The fraction of sp³-hybridized carbons (Fsp3) is 0.500. The summed E-state index contributed by atoms with van der Waals surface area (Å²) in [5, 5.41) is 20.3. The van der Waals surface area contributed by atoms with Crippen LogP contribution in [0.4, 0.5) is 5.82 Å². The molecule has 33 heavy (non-hydrogen) atoms. The summed E-state index contributed by atoms with van der Waals surface area (Å²) in [6.07, 6.45) is 5.48. The molecule has 172 valence electrons. The molecule has 9 nitrogen and oxygen atoms in total. The number of aliphatic hydroxyl groups is 1. The van der Waals surface area contributed by atoms with Crippen LogP contribution in [-0.4, -0.2) is 60.4 Å². The predicted molar refractivity (Wildman–Crippen MR) is 126 cm³/mol. The number of fused-ring (bicyclic) bond motifs is 2. The molecule has 5 heterocycles. The van der Waals surface area contributed by atoms with Gasteiger partial charge in [-0.3, -0.25) is 4.68 Å². The Labute approximate surface area is 192 Å². The molecular weight excluding hydrogens is 418 g/mol. The molecule has 1 N–H and O–H groups in total. The quantitative estimate of drug-likeness (QED) is 0.516. The van der Waals surface area contributed by atoms with Gasteiger partial charge >= 0.3 is 0 Å². The first-order valence-electron chi connectivity index (χ1n) is 11.6. The lowest BCUT2D eigenvalue weighted by molar-refractivity contribution is 0.0975. The smallest absolute Gasteiger partial charge is 0.182 e. The van der Waals surface area contributed by atoms with Crippen molar-refractivity contribution in [1.82, 2.24) is 29.5 Å². The Kier molecular flexibility index (Phi) is 4.67. The van der Waals surface area contributed by atoms with Crippen molar-refractivity contribution in [2.45, 2.75) is 45.8 Å². The highest BCUT2D eigenvalue weighted by Crippen LogP contribution is 2.42. The van der Waals surface area contributed by atoms with E-state index < -0.39 is 0 Å². The molecule has 2 saturated heterocycles. The van der Waals surface area contributed by atoms with Crippen molar-refractivity contribution in [3.63, 3.8) is 0 Å². The van der Waals surface area contributed by atoms with Gasteiger partial charge in [-0.25, -0.2) is 14.6 Å². The standard InChI is InChI=1S/C24H29N7O2/c1-15-11-24(14-33-15)6-8-30(9-7-24)22-19(13-32)26-23-21(27-22)16(2)28-31(23)18-5-4-17-12-25-29(3)20(17)10-18/h4-5,10,12,15,32H,6-9,11,13-14H2,1-3H3/t15-/m0/s1. The van der Waals surface area contributed by atoms with Crippen molar-refractivity contribution in [2.75, 3.05) is 24.6 Å². The number of piperidine rings is 1. The van der Waals surface area contributed by atoms with E-state index in [1.807, 2.05) is 41.7 Å². The number of aromatic nitrogens is 6. The van der Waals surface area contributed by atoms with E-state index in [2.05, 4.69) is 23.0 Å². The molecule has 2 aliphatic rings. The molecule has 0 bridgehead atoms. The summed E-state index contributed by atoms with van der Waals surface area (Å²) in [5.41, 5.74) is 5.05. The van der Waals surface area contributed by atoms with Gasteiger partial charge in [0.1, 0.15) is 11.2 Å². The van der Waals surface area contributed by atoms with Crippen LogP contribution in [0.25, 0.3) is 27.8 Å². The molecule has 0 unspecified atom stereocenters. The molecule has 2 aliphatic heterocycles. The zero-order valence-electron chi connectivity index (χ0n) is 19.3. The van der Waals surface area contributed by atoms with Gasteiger partial charge in [0.25, 0.3) is 0 Å². The Bertz CT molecular complexity index is 1350. The van der Waals surface area contributed by atoms with Crippen LogP contribution in [0, 0.1) is 12.3 Å². The number of hydrogen-bond donors (Lipinski definition) is 1.